The Morgan fingerprint density at radius 1 is 0.222 bits per heavy atom. The Labute approximate surface area is 545 Å². The van der Waals surface area contributed by atoms with E-state index in [2.05, 4.69) is 91.0 Å². The smallest absolute Gasteiger partial charge is 0.0655 e. The summed E-state index contributed by atoms with van der Waals surface area (Å²) in [6, 6.07) is 34.0. The van der Waals surface area contributed by atoms with Gasteiger partial charge in [-0.15, -0.1) is 0 Å². The van der Waals surface area contributed by atoms with E-state index in [-0.39, 0.29) is 29.6 Å². The Morgan fingerprint density at radius 3 is 0.867 bits per heavy atom. The van der Waals surface area contributed by atoms with Gasteiger partial charge in [-0.1, -0.05) is 19.3 Å². The maximum Gasteiger partial charge on any atom is 0.0655 e. The lowest BCUT2D eigenvalue weighted by atomic mass is 9.65. The van der Waals surface area contributed by atoms with Gasteiger partial charge in [-0.25, -0.2) is 0 Å². The third-order valence-corrected chi connectivity index (χ3v) is 21.6. The molecule has 0 aromatic rings. The molecule has 0 heterocycles. The molecule has 0 aliphatic heterocycles. The average Bonchev–Trinajstić information content (AvgIpc) is 1.61. The summed E-state index contributed by atoms with van der Waals surface area (Å²) in [6.45, 7) is 9.95. The molecule has 480 valence electrons. The van der Waals surface area contributed by atoms with Crippen molar-refractivity contribution in [2.75, 3.05) is 0 Å². The van der Waals surface area contributed by atoms with Gasteiger partial charge in [-0.05, 0) is 265 Å². The van der Waals surface area contributed by atoms with Crippen LogP contribution < -0.4 is 0 Å². The SMILES string of the molecule is CC(C#N)C1CC(CCC#N)CCC1CCC#N.CC(C#N)C1CCC(CCC#N)C(C(C)C#N)C1.CC(C#N)C1CCC(CCC#N)C(CCC#N)C1.CC(C#N)C1CCC(CCC#N)CC1CCC#N.N#CCCC1CCC(CCC#N)C(CCC#N)C1. The second-order valence-corrected chi connectivity index (χ2v) is 27.1. The van der Waals surface area contributed by atoms with Gasteiger partial charge in [-0.2, -0.15) is 78.9 Å². The van der Waals surface area contributed by atoms with Crippen LogP contribution in [-0.4, -0.2) is 0 Å². The van der Waals surface area contributed by atoms with E-state index in [1.54, 1.807) is 0 Å². The number of rotatable bonds is 25. The monoisotopic (exact) mass is 1220 g/mol. The van der Waals surface area contributed by atoms with Crippen molar-refractivity contribution in [1.82, 2.24) is 0 Å². The molecule has 15 nitrogen and oxygen atoms in total. The van der Waals surface area contributed by atoms with Gasteiger partial charge in [0, 0.05) is 93.8 Å². The summed E-state index contributed by atoms with van der Waals surface area (Å²) in [7, 11) is 0. The lowest BCUT2D eigenvalue weighted by molar-refractivity contribution is 0.125. The van der Waals surface area contributed by atoms with Crippen molar-refractivity contribution in [1.29, 1.82) is 78.9 Å². The zero-order valence-corrected chi connectivity index (χ0v) is 55.5. The minimum atomic E-state index is 0.0300. The van der Waals surface area contributed by atoms with Gasteiger partial charge in [0.2, 0.25) is 0 Å². The molecular formula is C75H105N15. The molecule has 15 heteroatoms. The first-order valence-electron chi connectivity index (χ1n) is 34.3. The zero-order chi connectivity index (χ0) is 66.9. The van der Waals surface area contributed by atoms with Crippen molar-refractivity contribution >= 4 is 0 Å². The molecule has 5 fully saturated rings. The molecule has 0 spiro atoms. The molecule has 20 atom stereocenters. The van der Waals surface area contributed by atoms with Gasteiger partial charge in [0.05, 0.1) is 91.0 Å². The summed E-state index contributed by atoms with van der Waals surface area (Å²) in [5.74, 6) is 8.24. The van der Waals surface area contributed by atoms with Crippen LogP contribution in [0, 0.1) is 288 Å². The Hall–Kier alpha value is -7.65. The van der Waals surface area contributed by atoms with Gasteiger partial charge >= 0.3 is 0 Å². The third kappa shape index (κ3) is 31.2. The van der Waals surface area contributed by atoms with Crippen molar-refractivity contribution in [3.63, 3.8) is 0 Å². The molecule has 5 saturated carbocycles. The molecular weight excluding hydrogens is 1110 g/mol. The van der Waals surface area contributed by atoms with E-state index < -0.39 is 0 Å². The molecule has 5 rings (SSSR count). The van der Waals surface area contributed by atoms with Crippen molar-refractivity contribution in [3.8, 4) is 91.0 Å². The van der Waals surface area contributed by atoms with E-state index >= 15 is 0 Å². The standard InChI is InChI=1S/5C15H21N3/c1-11(9-17)14-6-5-13(4-3-7-16)15(8-14)12(2)10-18;1-12(11-18)14-7-6-13(4-2-8-16)15(10-14)5-3-9-17;1-12(11-18)15-7-6-13(4-2-8-16)10-14(15)5-3-9-17;1-12(11-18)15-10-13(4-2-8-16)6-7-14(15)5-3-9-17;16-9-1-4-13-7-8-14(5-2-10-17)15(12-13)6-3-11-18/h11-15H,3-6,8H2,1-2H3;3*12-15H,2-7,10H2,1H3;13-15H,1-8,12H2. The zero-order valence-electron chi connectivity index (χ0n) is 55.5. The summed E-state index contributed by atoms with van der Waals surface area (Å²) in [6.07, 6.45) is 32.3. The molecule has 0 saturated heterocycles. The summed E-state index contributed by atoms with van der Waals surface area (Å²) >= 11 is 0. The van der Waals surface area contributed by atoms with E-state index in [1.165, 1.54) is 12.8 Å². The normalized spacial score (nSPS) is 28.7. The van der Waals surface area contributed by atoms with Gasteiger partial charge in [0.1, 0.15) is 0 Å². The second-order valence-electron chi connectivity index (χ2n) is 27.1. The van der Waals surface area contributed by atoms with Crippen LogP contribution in [0.2, 0.25) is 0 Å². The van der Waals surface area contributed by atoms with Crippen LogP contribution in [0.4, 0.5) is 0 Å². The Bertz CT molecular complexity index is 2700. The predicted octanol–water partition coefficient (Wildman–Crippen LogP) is 18.9. The third-order valence-electron chi connectivity index (χ3n) is 21.6. The Balaban J connectivity index is 0.000000562. The summed E-state index contributed by atoms with van der Waals surface area (Å²) in [5, 5.41) is 132. The van der Waals surface area contributed by atoms with Crippen LogP contribution in [0.1, 0.15) is 259 Å². The molecule has 0 radical (unpaired) electrons. The second kappa shape index (κ2) is 50.1. The number of hydrogen-bond donors (Lipinski definition) is 0. The molecule has 0 bridgehead atoms. The Kier molecular flexibility index (Phi) is 44.8. The van der Waals surface area contributed by atoms with Crippen LogP contribution in [0.15, 0.2) is 0 Å². The lowest BCUT2D eigenvalue weighted by Gasteiger charge is -2.38. The molecule has 5 aliphatic rings. The number of hydrogen-bond acceptors (Lipinski definition) is 15. The average molecular weight is 1220 g/mol. The molecule has 90 heavy (non-hydrogen) atoms. The fourth-order valence-electron chi connectivity index (χ4n) is 16.0. The van der Waals surface area contributed by atoms with Crippen LogP contribution in [0.25, 0.3) is 0 Å². The fourth-order valence-corrected chi connectivity index (χ4v) is 16.0. The summed E-state index contributed by atoms with van der Waals surface area (Å²) in [5.41, 5.74) is 0. The molecule has 0 aromatic heterocycles. The topological polar surface area (TPSA) is 357 Å². The van der Waals surface area contributed by atoms with Gasteiger partial charge in [0.15, 0.2) is 0 Å². The van der Waals surface area contributed by atoms with Crippen LogP contribution in [-0.2, 0) is 0 Å². The Morgan fingerprint density at radius 2 is 0.478 bits per heavy atom. The van der Waals surface area contributed by atoms with Gasteiger partial charge in [-0.3, -0.25) is 0 Å². The fraction of sp³-hybridized carbons (Fsp3) is 0.800. The van der Waals surface area contributed by atoms with E-state index in [1.807, 2.05) is 34.6 Å². The highest BCUT2D eigenvalue weighted by Gasteiger charge is 2.38. The van der Waals surface area contributed by atoms with Crippen LogP contribution in [0.5, 0.6) is 0 Å². The first-order valence-corrected chi connectivity index (χ1v) is 34.3. The highest BCUT2D eigenvalue weighted by atomic mass is 14.5. The quantitative estimate of drug-likeness (QED) is 0.0819. The van der Waals surface area contributed by atoms with Crippen molar-refractivity contribution in [2.45, 2.75) is 259 Å². The largest absolute Gasteiger partial charge is 0.198 e. The molecule has 20 unspecified atom stereocenters. The van der Waals surface area contributed by atoms with E-state index in [4.69, 9.17) is 78.9 Å². The van der Waals surface area contributed by atoms with Crippen LogP contribution in [0.3, 0.4) is 0 Å². The highest BCUT2D eigenvalue weighted by Crippen LogP contribution is 2.46. The maximum absolute atomic E-state index is 9.13. The first kappa shape index (κ1) is 80.4. The summed E-state index contributed by atoms with van der Waals surface area (Å²) < 4.78 is 0. The predicted molar refractivity (Wildman–Crippen MR) is 344 cm³/mol. The highest BCUT2D eigenvalue weighted by molar-refractivity contribution is 4.99. The van der Waals surface area contributed by atoms with Crippen molar-refractivity contribution in [3.05, 3.63) is 0 Å². The number of nitriles is 15. The van der Waals surface area contributed by atoms with Crippen molar-refractivity contribution in [2.24, 2.45) is 118 Å². The molecule has 0 amide bonds. The lowest BCUT2D eigenvalue weighted by Crippen LogP contribution is -2.31. The van der Waals surface area contributed by atoms with E-state index in [0.29, 0.717) is 153 Å². The molecule has 0 N–H and O–H groups in total. The van der Waals surface area contributed by atoms with Gasteiger partial charge in [0.25, 0.3) is 0 Å². The minimum absolute atomic E-state index is 0.0300. The number of nitrogens with zero attached hydrogens (tertiary/aromatic N) is 15. The van der Waals surface area contributed by atoms with Gasteiger partial charge < -0.3 is 0 Å². The summed E-state index contributed by atoms with van der Waals surface area (Å²) in [4.78, 5) is 0. The maximum atomic E-state index is 9.13. The minimum Gasteiger partial charge on any atom is -0.198 e. The molecule has 0 aromatic carbocycles. The van der Waals surface area contributed by atoms with Crippen molar-refractivity contribution < 1.29 is 0 Å². The van der Waals surface area contributed by atoms with E-state index in [9.17, 15) is 0 Å². The first-order chi connectivity index (χ1) is 43.6. The van der Waals surface area contributed by atoms with Crippen LogP contribution >= 0.6 is 0 Å². The molecule has 5 aliphatic carbocycles. The van der Waals surface area contributed by atoms with E-state index in [0.717, 1.165) is 148 Å².